The summed E-state index contributed by atoms with van der Waals surface area (Å²) in [6.45, 7) is 7.01. The van der Waals surface area contributed by atoms with Crippen molar-refractivity contribution in [2.75, 3.05) is 22.9 Å². The van der Waals surface area contributed by atoms with Crippen molar-refractivity contribution in [2.45, 2.75) is 38.1 Å². The second kappa shape index (κ2) is 5.85. The number of carbonyl (C=O) groups excluding carboxylic acids is 1. The van der Waals surface area contributed by atoms with Gasteiger partial charge in [0.1, 0.15) is 0 Å². The molecule has 116 valence electrons. The van der Waals surface area contributed by atoms with E-state index in [1.165, 1.54) is 19.1 Å². The Morgan fingerprint density at radius 1 is 1.38 bits per heavy atom. The highest BCUT2D eigenvalue weighted by Gasteiger charge is 2.30. The van der Waals surface area contributed by atoms with Crippen LogP contribution in [0.25, 0.3) is 0 Å². The molecule has 1 unspecified atom stereocenters. The van der Waals surface area contributed by atoms with Gasteiger partial charge in [-0.25, -0.2) is 8.42 Å². The van der Waals surface area contributed by atoms with Gasteiger partial charge in [-0.15, -0.1) is 0 Å². The molecule has 1 amide bonds. The number of rotatable bonds is 3. The minimum absolute atomic E-state index is 0.0140. The zero-order valence-corrected chi connectivity index (χ0v) is 13.9. The van der Waals surface area contributed by atoms with Gasteiger partial charge in [0.05, 0.1) is 16.3 Å². The Balaban J connectivity index is 2.60. The monoisotopic (exact) mass is 330 g/mol. The van der Waals surface area contributed by atoms with E-state index in [9.17, 15) is 13.2 Å². The Morgan fingerprint density at radius 2 is 2.05 bits per heavy atom. The number of benzene rings is 1. The van der Waals surface area contributed by atoms with Gasteiger partial charge in [0, 0.05) is 36.7 Å². The number of halogens is 1. The van der Waals surface area contributed by atoms with Crippen LogP contribution in [0.4, 0.5) is 11.4 Å². The van der Waals surface area contributed by atoms with Crippen molar-refractivity contribution in [1.29, 1.82) is 0 Å². The van der Waals surface area contributed by atoms with Gasteiger partial charge in [0.15, 0.2) is 0 Å². The van der Waals surface area contributed by atoms with Crippen LogP contribution >= 0.6 is 10.7 Å². The lowest BCUT2D eigenvalue weighted by atomic mass is 10.1. The Kier molecular flexibility index (Phi) is 4.49. The fourth-order valence-corrected chi connectivity index (χ4v) is 3.46. The Labute approximate surface area is 129 Å². The molecule has 1 aromatic rings. The highest BCUT2D eigenvalue weighted by atomic mass is 35.7. The van der Waals surface area contributed by atoms with Crippen LogP contribution < -0.4 is 9.80 Å². The van der Waals surface area contributed by atoms with Crippen molar-refractivity contribution in [3.63, 3.8) is 0 Å². The molecule has 5 nitrogen and oxygen atoms in total. The molecule has 1 aromatic carbocycles. The lowest BCUT2D eigenvalue weighted by molar-refractivity contribution is -0.116. The molecule has 0 fully saturated rings. The minimum Gasteiger partial charge on any atom is -0.365 e. The average Bonchev–Trinajstić information content (AvgIpc) is 2.39. The predicted octanol–water partition coefficient (Wildman–Crippen LogP) is 2.59. The molecule has 1 heterocycles. The molecule has 1 aliphatic rings. The smallest absolute Gasteiger partial charge is 0.261 e. The van der Waals surface area contributed by atoms with E-state index < -0.39 is 9.05 Å². The van der Waals surface area contributed by atoms with E-state index in [0.29, 0.717) is 12.2 Å². The molecule has 1 aliphatic heterocycles. The van der Waals surface area contributed by atoms with E-state index in [1.807, 2.05) is 0 Å². The van der Waals surface area contributed by atoms with Crippen LogP contribution in [-0.2, 0) is 13.8 Å². The molecule has 0 spiro atoms. The van der Waals surface area contributed by atoms with Crippen LogP contribution in [0.5, 0.6) is 0 Å². The maximum Gasteiger partial charge on any atom is 0.261 e. The number of hydrogen-bond acceptors (Lipinski definition) is 4. The quantitative estimate of drug-likeness (QED) is 0.799. The summed E-state index contributed by atoms with van der Waals surface area (Å²) in [5, 5.41) is 0. The first-order valence-corrected chi connectivity index (χ1v) is 9.20. The van der Waals surface area contributed by atoms with Crippen LogP contribution in [-0.4, -0.2) is 33.5 Å². The Morgan fingerprint density at radius 3 is 2.57 bits per heavy atom. The fraction of sp³-hybridized carbons (Fsp3) is 0.500. The van der Waals surface area contributed by atoms with E-state index in [4.69, 9.17) is 10.7 Å². The molecule has 2 rings (SSSR count). The van der Waals surface area contributed by atoms with Crippen molar-refractivity contribution < 1.29 is 13.2 Å². The molecule has 7 heteroatoms. The third kappa shape index (κ3) is 3.16. The summed E-state index contributed by atoms with van der Waals surface area (Å²) in [5.41, 5.74) is 1.48. The first-order valence-electron chi connectivity index (χ1n) is 6.89. The van der Waals surface area contributed by atoms with Gasteiger partial charge < -0.3 is 9.80 Å². The number of fused-ring (bicyclic) bond motifs is 1. The van der Waals surface area contributed by atoms with E-state index >= 15 is 0 Å². The molecule has 0 radical (unpaired) electrons. The Hall–Kier alpha value is -1.27. The van der Waals surface area contributed by atoms with Gasteiger partial charge in [-0.2, -0.15) is 0 Å². The maximum absolute atomic E-state index is 11.9. The van der Waals surface area contributed by atoms with E-state index in [1.54, 1.807) is 11.0 Å². The van der Waals surface area contributed by atoms with Gasteiger partial charge in [0.2, 0.25) is 5.91 Å². The average molecular weight is 331 g/mol. The highest BCUT2D eigenvalue weighted by Crippen LogP contribution is 2.37. The van der Waals surface area contributed by atoms with Crippen molar-refractivity contribution in [3.8, 4) is 0 Å². The van der Waals surface area contributed by atoms with Gasteiger partial charge in [-0.1, -0.05) is 6.92 Å². The summed E-state index contributed by atoms with van der Waals surface area (Å²) in [6, 6.07) is 4.87. The molecule has 0 aromatic heterocycles. The van der Waals surface area contributed by atoms with Crippen LogP contribution in [0, 0.1) is 0 Å². The second-order valence-electron chi connectivity index (χ2n) is 5.26. The molecule has 1 atom stereocenters. The maximum atomic E-state index is 11.9. The van der Waals surface area contributed by atoms with Crippen molar-refractivity contribution in [3.05, 3.63) is 18.2 Å². The molecule has 21 heavy (non-hydrogen) atoms. The lowest BCUT2D eigenvalue weighted by Gasteiger charge is -2.42. The summed E-state index contributed by atoms with van der Waals surface area (Å²) in [7, 11) is 1.60. The molecular formula is C14H19ClN2O3S. The minimum atomic E-state index is -3.81. The number of carbonyl (C=O) groups is 1. The van der Waals surface area contributed by atoms with Gasteiger partial charge in [-0.05, 0) is 31.5 Å². The number of hydrogen-bond donors (Lipinski definition) is 0. The first kappa shape index (κ1) is 16.1. The summed E-state index contributed by atoms with van der Waals surface area (Å²) in [4.78, 5) is 15.7. The van der Waals surface area contributed by atoms with E-state index in [2.05, 4.69) is 18.7 Å². The summed E-state index contributed by atoms with van der Waals surface area (Å²) in [6.07, 6.45) is 0.972. The number of nitrogens with zero attached hydrogens (tertiary/aromatic N) is 2. The summed E-state index contributed by atoms with van der Waals surface area (Å²) >= 11 is 0. The topological polar surface area (TPSA) is 57.7 Å². The molecule has 0 N–H and O–H groups in total. The standard InChI is InChI=1S/C14H19ClN2O3S/c1-4-7-16-10(2)9-17(11(3)18)14-8-12(21(15,19)20)5-6-13(14)16/h5-6,8,10H,4,7,9H2,1-3H3. The normalized spacial score (nSPS) is 18.6. The number of amides is 1. The zero-order valence-electron chi connectivity index (χ0n) is 12.3. The van der Waals surface area contributed by atoms with Gasteiger partial charge >= 0.3 is 0 Å². The number of anilines is 2. The SMILES string of the molecule is CCCN1c2ccc(S(=O)(=O)Cl)cc2N(C(C)=O)CC1C. The van der Waals surface area contributed by atoms with Gasteiger partial charge in [0.25, 0.3) is 9.05 Å². The van der Waals surface area contributed by atoms with Crippen LogP contribution in [0.2, 0.25) is 0 Å². The molecule has 0 saturated heterocycles. The van der Waals surface area contributed by atoms with Crippen molar-refractivity contribution in [1.82, 2.24) is 0 Å². The summed E-state index contributed by atoms with van der Waals surface area (Å²) in [5.74, 6) is -0.108. The van der Waals surface area contributed by atoms with E-state index in [0.717, 1.165) is 18.7 Å². The molecular weight excluding hydrogens is 312 g/mol. The van der Waals surface area contributed by atoms with Crippen molar-refractivity contribution in [2.24, 2.45) is 0 Å². The first-order chi connectivity index (χ1) is 9.75. The van der Waals surface area contributed by atoms with Crippen LogP contribution in [0.3, 0.4) is 0 Å². The van der Waals surface area contributed by atoms with E-state index in [-0.39, 0.29) is 16.8 Å². The lowest BCUT2D eigenvalue weighted by Crippen LogP contribution is -2.49. The molecule has 0 aliphatic carbocycles. The van der Waals surface area contributed by atoms with Gasteiger partial charge in [-0.3, -0.25) is 4.79 Å². The largest absolute Gasteiger partial charge is 0.365 e. The molecule has 0 bridgehead atoms. The third-order valence-corrected chi connectivity index (χ3v) is 5.00. The summed E-state index contributed by atoms with van der Waals surface area (Å²) < 4.78 is 23.0. The molecule has 0 saturated carbocycles. The van der Waals surface area contributed by atoms with Crippen LogP contribution in [0.15, 0.2) is 23.1 Å². The van der Waals surface area contributed by atoms with Crippen molar-refractivity contribution >= 4 is 37.0 Å². The fourth-order valence-electron chi connectivity index (χ4n) is 2.69. The van der Waals surface area contributed by atoms with Crippen LogP contribution in [0.1, 0.15) is 27.2 Å². The second-order valence-corrected chi connectivity index (χ2v) is 7.83. The third-order valence-electron chi connectivity index (χ3n) is 3.65. The Bertz CT molecular complexity index is 660. The highest BCUT2D eigenvalue weighted by molar-refractivity contribution is 8.13. The zero-order chi connectivity index (χ0) is 15.8. The predicted molar refractivity (Wildman–Crippen MR) is 84.6 cm³/mol.